The van der Waals surface area contributed by atoms with Crippen molar-refractivity contribution in [2.24, 2.45) is 5.92 Å². The van der Waals surface area contributed by atoms with E-state index in [4.69, 9.17) is 5.26 Å². The van der Waals surface area contributed by atoms with Crippen LogP contribution in [0.4, 0.5) is 0 Å². The van der Waals surface area contributed by atoms with Gasteiger partial charge in [0.15, 0.2) is 0 Å². The minimum atomic E-state index is 0.311. The smallest absolute Gasteiger partial charge is 0.0672 e. The first-order valence-electron chi connectivity index (χ1n) is 6.10. The van der Waals surface area contributed by atoms with Crippen LogP contribution in [0.5, 0.6) is 0 Å². The third-order valence-electron chi connectivity index (χ3n) is 3.74. The summed E-state index contributed by atoms with van der Waals surface area (Å²) in [6.07, 6.45) is 4.90. The average molecular weight is 224 g/mol. The Balaban J connectivity index is 1.95. The molecule has 0 bridgehead atoms. The Morgan fingerprint density at radius 3 is 3.07 bits per heavy atom. The van der Waals surface area contributed by atoms with Gasteiger partial charge in [0.25, 0.3) is 0 Å². The summed E-state index contributed by atoms with van der Waals surface area (Å²) >= 11 is 2.11. The number of rotatable bonds is 2. The zero-order valence-electron chi connectivity index (χ0n) is 9.48. The lowest BCUT2D eigenvalue weighted by atomic mass is 10.0. The van der Waals surface area contributed by atoms with Gasteiger partial charge >= 0.3 is 0 Å². The molecule has 1 saturated heterocycles. The van der Waals surface area contributed by atoms with Gasteiger partial charge < -0.3 is 0 Å². The molecule has 3 unspecified atom stereocenters. The molecule has 3 heteroatoms. The molecule has 2 aliphatic rings. The molecule has 0 spiro atoms. The van der Waals surface area contributed by atoms with Crippen LogP contribution in [-0.4, -0.2) is 35.0 Å². The van der Waals surface area contributed by atoms with Crippen molar-refractivity contribution in [3.8, 4) is 6.07 Å². The summed E-state index contributed by atoms with van der Waals surface area (Å²) in [4.78, 5) is 2.59. The Kier molecular flexibility index (Phi) is 3.93. The molecule has 0 amide bonds. The minimum Gasteiger partial charge on any atom is -0.297 e. The summed E-state index contributed by atoms with van der Waals surface area (Å²) < 4.78 is 0. The SMILES string of the molecule is CCC1CN(C2CCCC2C#N)CCS1. The van der Waals surface area contributed by atoms with E-state index in [0.717, 1.165) is 11.7 Å². The van der Waals surface area contributed by atoms with Crippen molar-refractivity contribution < 1.29 is 0 Å². The van der Waals surface area contributed by atoms with Gasteiger partial charge in [-0.15, -0.1) is 0 Å². The maximum absolute atomic E-state index is 9.11. The Bertz CT molecular complexity index is 248. The predicted molar refractivity (Wildman–Crippen MR) is 64.9 cm³/mol. The molecular weight excluding hydrogens is 204 g/mol. The van der Waals surface area contributed by atoms with Gasteiger partial charge in [-0.2, -0.15) is 17.0 Å². The first-order chi connectivity index (χ1) is 7.35. The van der Waals surface area contributed by atoms with Crippen LogP contribution < -0.4 is 0 Å². The van der Waals surface area contributed by atoms with Crippen LogP contribution in [0.1, 0.15) is 32.6 Å². The maximum Gasteiger partial charge on any atom is 0.0672 e. The van der Waals surface area contributed by atoms with E-state index in [1.807, 2.05) is 0 Å². The summed E-state index contributed by atoms with van der Waals surface area (Å²) in [6, 6.07) is 3.07. The van der Waals surface area contributed by atoms with Crippen LogP contribution in [-0.2, 0) is 0 Å². The van der Waals surface area contributed by atoms with Crippen LogP contribution in [0.3, 0.4) is 0 Å². The lowest BCUT2D eigenvalue weighted by molar-refractivity contribution is 0.183. The van der Waals surface area contributed by atoms with E-state index in [9.17, 15) is 0 Å². The number of nitriles is 1. The van der Waals surface area contributed by atoms with Crippen molar-refractivity contribution >= 4 is 11.8 Å². The van der Waals surface area contributed by atoms with Crippen molar-refractivity contribution in [1.29, 1.82) is 5.26 Å². The van der Waals surface area contributed by atoms with Crippen molar-refractivity contribution in [2.45, 2.75) is 43.9 Å². The van der Waals surface area contributed by atoms with Gasteiger partial charge in [-0.3, -0.25) is 4.90 Å². The molecule has 15 heavy (non-hydrogen) atoms. The van der Waals surface area contributed by atoms with Gasteiger partial charge in [0.2, 0.25) is 0 Å². The monoisotopic (exact) mass is 224 g/mol. The van der Waals surface area contributed by atoms with E-state index in [1.165, 1.54) is 38.1 Å². The van der Waals surface area contributed by atoms with Gasteiger partial charge in [-0.25, -0.2) is 0 Å². The molecule has 1 heterocycles. The van der Waals surface area contributed by atoms with Crippen LogP contribution in [0.2, 0.25) is 0 Å². The van der Waals surface area contributed by atoms with Gasteiger partial charge in [-0.05, 0) is 19.3 Å². The molecule has 0 aromatic heterocycles. The topological polar surface area (TPSA) is 27.0 Å². The number of hydrogen-bond acceptors (Lipinski definition) is 3. The fraction of sp³-hybridized carbons (Fsp3) is 0.917. The second kappa shape index (κ2) is 5.23. The van der Waals surface area contributed by atoms with Crippen molar-refractivity contribution in [3.05, 3.63) is 0 Å². The molecule has 1 aliphatic carbocycles. The molecular formula is C12H20N2S. The second-order valence-corrected chi connectivity index (χ2v) is 6.04. The standard InChI is InChI=1S/C12H20N2S/c1-2-11-9-14(6-7-15-11)12-5-3-4-10(12)8-13/h10-12H,2-7,9H2,1H3. The zero-order chi connectivity index (χ0) is 10.7. The highest BCUT2D eigenvalue weighted by molar-refractivity contribution is 8.00. The lowest BCUT2D eigenvalue weighted by Crippen LogP contribution is -2.45. The summed E-state index contributed by atoms with van der Waals surface area (Å²) in [5.74, 6) is 1.57. The molecule has 2 nitrogen and oxygen atoms in total. The van der Waals surface area contributed by atoms with E-state index < -0.39 is 0 Å². The van der Waals surface area contributed by atoms with Gasteiger partial charge in [0.05, 0.1) is 12.0 Å². The number of hydrogen-bond donors (Lipinski definition) is 0. The summed E-state index contributed by atoms with van der Waals surface area (Å²) in [5.41, 5.74) is 0. The Hall–Kier alpha value is -0.200. The first kappa shape index (κ1) is 11.3. The van der Waals surface area contributed by atoms with Crippen LogP contribution >= 0.6 is 11.8 Å². The van der Waals surface area contributed by atoms with Gasteiger partial charge in [0.1, 0.15) is 0 Å². The molecule has 1 saturated carbocycles. The molecule has 1 aliphatic heterocycles. The van der Waals surface area contributed by atoms with E-state index in [2.05, 4.69) is 29.7 Å². The normalized spacial score (nSPS) is 37.7. The highest BCUT2D eigenvalue weighted by atomic mass is 32.2. The quantitative estimate of drug-likeness (QED) is 0.721. The van der Waals surface area contributed by atoms with Gasteiger partial charge in [0, 0.05) is 30.1 Å². The molecule has 0 aromatic rings. The Morgan fingerprint density at radius 1 is 1.47 bits per heavy atom. The molecule has 0 aromatic carbocycles. The summed E-state index contributed by atoms with van der Waals surface area (Å²) in [6.45, 7) is 4.69. The minimum absolute atomic E-state index is 0.311. The average Bonchev–Trinajstić information content (AvgIpc) is 2.77. The highest BCUT2D eigenvalue weighted by Gasteiger charge is 2.34. The number of thioether (sulfide) groups is 1. The van der Waals surface area contributed by atoms with Crippen molar-refractivity contribution in [2.75, 3.05) is 18.8 Å². The van der Waals surface area contributed by atoms with Gasteiger partial charge in [-0.1, -0.05) is 13.3 Å². The van der Waals surface area contributed by atoms with E-state index >= 15 is 0 Å². The molecule has 2 fully saturated rings. The van der Waals surface area contributed by atoms with Crippen LogP contribution in [0.15, 0.2) is 0 Å². The van der Waals surface area contributed by atoms with E-state index in [0.29, 0.717) is 12.0 Å². The van der Waals surface area contributed by atoms with Crippen LogP contribution in [0.25, 0.3) is 0 Å². The Morgan fingerprint density at radius 2 is 2.33 bits per heavy atom. The van der Waals surface area contributed by atoms with Crippen molar-refractivity contribution in [1.82, 2.24) is 4.90 Å². The van der Waals surface area contributed by atoms with E-state index in [1.54, 1.807) is 0 Å². The molecule has 0 N–H and O–H groups in total. The largest absolute Gasteiger partial charge is 0.297 e. The van der Waals surface area contributed by atoms with Crippen molar-refractivity contribution in [3.63, 3.8) is 0 Å². The molecule has 84 valence electrons. The summed E-state index contributed by atoms with van der Waals surface area (Å²) in [7, 11) is 0. The van der Waals surface area contributed by atoms with E-state index in [-0.39, 0.29) is 0 Å². The fourth-order valence-electron chi connectivity index (χ4n) is 2.82. The second-order valence-electron chi connectivity index (χ2n) is 4.63. The third kappa shape index (κ3) is 2.49. The predicted octanol–water partition coefficient (Wildman–Crippen LogP) is 2.51. The molecule has 0 radical (unpaired) electrons. The lowest BCUT2D eigenvalue weighted by Gasteiger charge is -2.37. The summed E-state index contributed by atoms with van der Waals surface area (Å²) in [5, 5.41) is 9.91. The maximum atomic E-state index is 9.11. The first-order valence-corrected chi connectivity index (χ1v) is 7.15. The third-order valence-corrected chi connectivity index (χ3v) is 5.11. The zero-order valence-corrected chi connectivity index (χ0v) is 10.3. The van der Waals surface area contributed by atoms with Crippen LogP contribution in [0, 0.1) is 17.2 Å². The molecule has 2 rings (SSSR count). The fourth-order valence-corrected chi connectivity index (χ4v) is 4.02. The highest BCUT2D eigenvalue weighted by Crippen LogP contribution is 2.32. The molecule has 3 atom stereocenters. The number of nitrogens with zero attached hydrogens (tertiary/aromatic N) is 2. The Labute approximate surface area is 97.0 Å².